The van der Waals surface area contributed by atoms with Crippen LogP contribution in [0.2, 0.25) is 0 Å². The summed E-state index contributed by atoms with van der Waals surface area (Å²) in [5.74, 6) is 0. The van der Waals surface area contributed by atoms with Crippen molar-refractivity contribution in [3.05, 3.63) is 53.0 Å². The molecular formula is C20H23F3N2O4S2. The van der Waals surface area contributed by atoms with Crippen LogP contribution in [0.4, 0.5) is 18.9 Å². The van der Waals surface area contributed by atoms with Gasteiger partial charge in [-0.15, -0.1) is 0 Å². The fourth-order valence-electron chi connectivity index (χ4n) is 3.69. The number of rotatable bonds is 5. The Morgan fingerprint density at radius 3 is 2.35 bits per heavy atom. The molecule has 0 aromatic heterocycles. The summed E-state index contributed by atoms with van der Waals surface area (Å²) >= 11 is 5.20. The molecule has 1 heterocycles. The lowest BCUT2D eigenvalue weighted by molar-refractivity contribution is -0.277. The molecule has 3 rings (SSSR count). The number of piperazine rings is 1. The molecule has 0 amide bonds. The zero-order valence-corrected chi connectivity index (χ0v) is 18.3. The first-order valence-corrected chi connectivity index (χ1v) is 11.4. The van der Waals surface area contributed by atoms with Crippen LogP contribution in [0.15, 0.2) is 47.4 Å². The summed E-state index contributed by atoms with van der Waals surface area (Å²) in [6.45, 7) is 1.05. The molecule has 0 bridgehead atoms. The first kappa shape index (κ1) is 23.9. The summed E-state index contributed by atoms with van der Waals surface area (Å²) in [6.07, 6.45) is 0.334. The molecule has 1 aromatic rings. The van der Waals surface area contributed by atoms with E-state index in [9.17, 15) is 26.7 Å². The van der Waals surface area contributed by atoms with E-state index in [1.165, 1.54) is 22.5 Å². The number of allylic oxidation sites excluding steroid dienone is 4. The van der Waals surface area contributed by atoms with Crippen molar-refractivity contribution < 1.29 is 31.8 Å². The van der Waals surface area contributed by atoms with E-state index in [0.717, 1.165) is 12.1 Å². The second-order valence-corrected chi connectivity index (χ2v) is 9.95. The lowest BCUT2D eigenvalue weighted by atomic mass is 9.93. The fourth-order valence-corrected chi connectivity index (χ4v) is 5.81. The smallest absolute Gasteiger partial charge is 0.393 e. The molecule has 2 atom stereocenters. The van der Waals surface area contributed by atoms with Crippen LogP contribution >= 0.6 is 12.2 Å². The van der Waals surface area contributed by atoms with Gasteiger partial charge < -0.3 is 15.1 Å². The predicted molar refractivity (Wildman–Crippen MR) is 115 cm³/mol. The molecular weight excluding hydrogens is 453 g/mol. The number of aliphatic hydroxyl groups excluding tert-OH is 1. The highest BCUT2D eigenvalue weighted by Gasteiger charge is 2.54. The first-order valence-electron chi connectivity index (χ1n) is 9.59. The number of sulfonamides is 1. The number of alkyl halides is 3. The van der Waals surface area contributed by atoms with Gasteiger partial charge in [-0.05, 0) is 30.7 Å². The van der Waals surface area contributed by atoms with Crippen molar-refractivity contribution in [1.82, 2.24) is 4.31 Å². The second-order valence-electron chi connectivity index (χ2n) is 7.55. The molecule has 2 N–H and O–H groups in total. The molecule has 1 aromatic carbocycles. The summed E-state index contributed by atoms with van der Waals surface area (Å²) in [5.41, 5.74) is -3.22. The maximum absolute atomic E-state index is 13.1. The fraction of sp³-hybridized carbons (Fsp3) is 0.450. The Balaban J connectivity index is 1.77. The van der Waals surface area contributed by atoms with Crippen LogP contribution in [0.5, 0.6) is 0 Å². The highest BCUT2D eigenvalue weighted by Crippen LogP contribution is 2.39. The van der Waals surface area contributed by atoms with Gasteiger partial charge in [0.15, 0.2) is 0 Å². The Bertz CT molecular complexity index is 1010. The van der Waals surface area contributed by atoms with Crippen LogP contribution in [0, 0.1) is 0 Å². The van der Waals surface area contributed by atoms with Crippen LogP contribution in [0.3, 0.4) is 0 Å². The normalized spacial score (nSPS) is 22.9. The highest BCUT2D eigenvalue weighted by atomic mass is 32.2. The van der Waals surface area contributed by atoms with Crippen molar-refractivity contribution in [1.29, 1.82) is 0 Å². The van der Waals surface area contributed by atoms with Crippen LogP contribution in [-0.4, -0.2) is 66.3 Å². The van der Waals surface area contributed by atoms with E-state index in [2.05, 4.69) is 0 Å². The van der Waals surface area contributed by atoms with E-state index in [1.54, 1.807) is 12.2 Å². The van der Waals surface area contributed by atoms with Crippen molar-refractivity contribution in [2.75, 3.05) is 31.1 Å². The van der Waals surface area contributed by atoms with Gasteiger partial charge in [0.2, 0.25) is 15.6 Å². The molecule has 0 spiro atoms. The molecule has 1 aliphatic carbocycles. The topological polar surface area (TPSA) is 81.1 Å². The Morgan fingerprint density at radius 1 is 1.19 bits per heavy atom. The zero-order chi connectivity index (χ0) is 23.0. The third-order valence-corrected chi connectivity index (χ3v) is 8.01. The summed E-state index contributed by atoms with van der Waals surface area (Å²) in [4.78, 5) is 2.38. The van der Waals surface area contributed by atoms with Crippen LogP contribution in [0.1, 0.15) is 18.9 Å². The van der Waals surface area contributed by atoms with Gasteiger partial charge in [-0.25, -0.2) is 8.42 Å². The molecule has 1 saturated heterocycles. The Labute approximate surface area is 184 Å². The molecule has 2 aliphatic rings. The summed E-state index contributed by atoms with van der Waals surface area (Å²) in [5, 5.41) is 19.0. The van der Waals surface area contributed by atoms with Crippen molar-refractivity contribution in [2.24, 2.45) is 0 Å². The molecule has 1 fully saturated rings. The van der Waals surface area contributed by atoms with E-state index in [0.29, 0.717) is 23.5 Å². The lowest BCUT2D eigenvalue weighted by Gasteiger charge is -2.41. The highest BCUT2D eigenvalue weighted by molar-refractivity contribution is 7.96. The molecule has 0 saturated carbocycles. The summed E-state index contributed by atoms with van der Waals surface area (Å²) in [7, 11) is -3.73. The summed E-state index contributed by atoms with van der Waals surface area (Å²) < 4.78 is 66.8. The minimum absolute atomic E-state index is 0.130. The Hall–Kier alpha value is -1.79. The van der Waals surface area contributed by atoms with Crippen molar-refractivity contribution in [2.45, 2.75) is 31.2 Å². The van der Waals surface area contributed by atoms with E-state index < -0.39 is 34.0 Å². The first-order chi connectivity index (χ1) is 14.4. The molecule has 170 valence electrons. The zero-order valence-electron chi connectivity index (χ0n) is 16.7. The maximum atomic E-state index is 13.1. The minimum atomic E-state index is -5.03. The maximum Gasteiger partial charge on any atom is 0.423 e. The minimum Gasteiger partial charge on any atom is -0.393 e. The number of hydrogen-bond donors (Lipinski definition) is 2. The average Bonchev–Trinajstić information content (AvgIpc) is 2.72. The Morgan fingerprint density at radius 2 is 1.84 bits per heavy atom. The monoisotopic (exact) mass is 476 g/mol. The van der Waals surface area contributed by atoms with E-state index in [4.69, 9.17) is 17.3 Å². The third kappa shape index (κ3) is 4.42. The van der Waals surface area contributed by atoms with Crippen LogP contribution in [0.25, 0.3) is 0 Å². The average molecular weight is 477 g/mol. The predicted octanol–water partition coefficient (Wildman–Crippen LogP) is 2.48. The van der Waals surface area contributed by atoms with Crippen molar-refractivity contribution in [3.63, 3.8) is 0 Å². The van der Waals surface area contributed by atoms with Gasteiger partial charge in [0.1, 0.15) is 0 Å². The van der Waals surface area contributed by atoms with Gasteiger partial charge in [0, 0.05) is 42.6 Å². The van der Waals surface area contributed by atoms with Gasteiger partial charge >= 0.3 is 6.18 Å². The molecule has 1 aliphatic heterocycles. The van der Waals surface area contributed by atoms with Crippen molar-refractivity contribution >= 4 is 32.8 Å². The largest absolute Gasteiger partial charge is 0.423 e. The van der Waals surface area contributed by atoms with Gasteiger partial charge in [-0.2, -0.15) is 17.5 Å². The molecule has 6 nitrogen and oxygen atoms in total. The number of aliphatic hydroxyl groups is 2. The number of thiocarbonyl (C=S) groups is 1. The Kier molecular flexibility index (Phi) is 6.64. The van der Waals surface area contributed by atoms with Gasteiger partial charge in [0.25, 0.3) is 0 Å². The van der Waals surface area contributed by atoms with Gasteiger partial charge in [-0.1, -0.05) is 36.5 Å². The number of hydrogen-bond acceptors (Lipinski definition) is 6. The van der Waals surface area contributed by atoms with E-state index in [1.807, 2.05) is 11.8 Å². The molecule has 1 unspecified atom stereocenters. The number of nitrogens with zero attached hydrogens (tertiary/aromatic N) is 2. The van der Waals surface area contributed by atoms with Crippen molar-refractivity contribution in [3.8, 4) is 0 Å². The number of benzene rings is 1. The van der Waals surface area contributed by atoms with Crippen LogP contribution < -0.4 is 4.90 Å². The van der Waals surface area contributed by atoms with E-state index >= 15 is 0 Å². The number of halogens is 3. The van der Waals surface area contributed by atoms with Gasteiger partial charge in [0.05, 0.1) is 11.5 Å². The van der Waals surface area contributed by atoms with Crippen LogP contribution in [-0.2, 0) is 15.6 Å². The van der Waals surface area contributed by atoms with E-state index in [-0.39, 0.29) is 24.0 Å². The van der Waals surface area contributed by atoms with Gasteiger partial charge in [-0.3, -0.25) is 0 Å². The standard InChI is InChI=1S/C20H23F3N2O4S2/c1-14-12-24(31(28,29)18-5-3-2-4-17(18)30)10-11-25(14)16-8-6-15(7-9-16)19(27,13-26)20(21,22)23/h2-3,5-9,14,26-27H,4,10-13H2,1H3/t14-,19?/m0/s1. The molecule has 31 heavy (non-hydrogen) atoms. The number of anilines is 1. The summed E-state index contributed by atoms with van der Waals surface area (Å²) in [6, 6.07) is 4.83. The lowest BCUT2D eigenvalue weighted by Crippen LogP contribution is -2.54. The molecule has 0 radical (unpaired) electrons. The third-order valence-electron chi connectivity index (χ3n) is 5.54. The quantitative estimate of drug-likeness (QED) is 0.636. The second kappa shape index (κ2) is 8.62. The molecule has 11 heteroatoms. The SMILES string of the molecule is C[C@H]1CN(S(=O)(=O)C2=CC=CCC2=S)CCN1c1ccc(C(O)(CO)C(F)(F)F)cc1.